The number of hydrogen-bond donors (Lipinski definition) is 0. The summed E-state index contributed by atoms with van der Waals surface area (Å²) < 4.78 is 3.87. The number of rotatable bonds is 6. The van der Waals surface area contributed by atoms with E-state index in [4.69, 9.17) is 0 Å². The van der Waals surface area contributed by atoms with Gasteiger partial charge in [0.1, 0.15) is 0 Å². The topological polar surface area (TPSA) is 45.4 Å². The van der Waals surface area contributed by atoms with Gasteiger partial charge in [-0.05, 0) is 113 Å². The van der Waals surface area contributed by atoms with E-state index in [1.54, 1.807) is 6.20 Å². The Balaban J connectivity index is 0.000000256. The van der Waals surface area contributed by atoms with Crippen molar-refractivity contribution in [3.63, 3.8) is 0 Å². The molecule has 0 amide bonds. The normalized spacial score (nSPS) is 17.1. The summed E-state index contributed by atoms with van der Waals surface area (Å²) >= 11 is 0. The minimum Gasteiger partial charge on any atom is -0.301 e. The van der Waals surface area contributed by atoms with Gasteiger partial charge in [0.15, 0.2) is 0 Å². The lowest BCUT2D eigenvalue weighted by Crippen LogP contribution is -2.48. The lowest BCUT2D eigenvalue weighted by molar-refractivity contribution is 0.109. The highest BCUT2D eigenvalue weighted by molar-refractivity contribution is 4.99. The SMILES string of the molecule is CC(C)N1CCCCC1.CC(C)n1cccn1.CCCN1CCN(C(C)C)CC1.Cc1cnn(C(C)C)c1. The average Bonchev–Trinajstić information content (AvgIpc) is 3.59. The van der Waals surface area contributed by atoms with Crippen LogP contribution >= 0.6 is 0 Å². The molecule has 7 nitrogen and oxygen atoms in total. The molecule has 4 heterocycles. The molecule has 0 aliphatic carbocycles. The first-order valence-corrected chi connectivity index (χ1v) is 15.2. The summed E-state index contributed by atoms with van der Waals surface area (Å²) in [5.74, 6) is 0. The van der Waals surface area contributed by atoms with Crippen molar-refractivity contribution in [2.24, 2.45) is 0 Å². The van der Waals surface area contributed by atoms with Crippen LogP contribution < -0.4 is 0 Å². The van der Waals surface area contributed by atoms with E-state index in [1.165, 1.54) is 77.1 Å². The molecule has 0 unspecified atom stereocenters. The van der Waals surface area contributed by atoms with Gasteiger partial charge in [-0.1, -0.05) is 13.3 Å². The van der Waals surface area contributed by atoms with Gasteiger partial charge >= 0.3 is 0 Å². The van der Waals surface area contributed by atoms with Gasteiger partial charge in [-0.25, -0.2) is 0 Å². The van der Waals surface area contributed by atoms with Crippen molar-refractivity contribution in [1.29, 1.82) is 0 Å². The minimum absolute atomic E-state index is 0.485. The average molecular weight is 532 g/mol. The third-order valence-corrected chi connectivity index (χ3v) is 7.11. The van der Waals surface area contributed by atoms with E-state index < -0.39 is 0 Å². The predicted octanol–water partition coefficient (Wildman–Crippen LogP) is 6.54. The number of aromatic nitrogens is 4. The van der Waals surface area contributed by atoms with Crippen molar-refractivity contribution < 1.29 is 0 Å². The quantitative estimate of drug-likeness (QED) is 0.423. The molecule has 38 heavy (non-hydrogen) atoms. The van der Waals surface area contributed by atoms with Crippen LogP contribution in [0.1, 0.15) is 106 Å². The van der Waals surface area contributed by atoms with E-state index >= 15 is 0 Å². The highest BCUT2D eigenvalue weighted by Gasteiger charge is 2.17. The fraction of sp³-hybridized carbons (Fsp3) is 0.806. The molecule has 2 aromatic heterocycles. The number of piperidine rings is 1. The lowest BCUT2D eigenvalue weighted by Gasteiger charge is -2.36. The Kier molecular flexibility index (Phi) is 17.5. The molecule has 0 aromatic carbocycles. The number of aryl methyl sites for hydroxylation is 1. The van der Waals surface area contributed by atoms with Crippen LogP contribution in [0.3, 0.4) is 0 Å². The third kappa shape index (κ3) is 14.5. The van der Waals surface area contributed by atoms with Crippen LogP contribution in [0.15, 0.2) is 30.9 Å². The molecule has 2 saturated heterocycles. The van der Waals surface area contributed by atoms with Crippen LogP contribution in [-0.2, 0) is 0 Å². The Morgan fingerprint density at radius 2 is 1.24 bits per heavy atom. The Morgan fingerprint density at radius 3 is 1.55 bits per heavy atom. The van der Waals surface area contributed by atoms with Gasteiger partial charge in [0.2, 0.25) is 0 Å². The van der Waals surface area contributed by atoms with E-state index in [2.05, 4.69) is 87.2 Å². The Labute approximate surface area is 235 Å². The molecule has 0 spiro atoms. The minimum atomic E-state index is 0.485. The maximum atomic E-state index is 4.13. The van der Waals surface area contributed by atoms with Crippen LogP contribution in [0.5, 0.6) is 0 Å². The standard InChI is InChI=1S/C10H22N2.C8H17N.C7H12N2.C6H10N2/c1-4-5-11-6-8-12(9-7-11)10(2)3;1-8(2)9-6-4-3-5-7-9;1-6(2)9-5-7(3)4-8-9;1-6(2)8-5-3-4-7-8/h10H,4-9H2,1-3H3;8H,3-7H2,1-2H3;4-6H,1-3H3;3-6H,1-2H3. The van der Waals surface area contributed by atoms with Crippen LogP contribution in [0.4, 0.5) is 0 Å². The summed E-state index contributed by atoms with van der Waals surface area (Å²) in [6.07, 6.45) is 13.2. The molecule has 4 rings (SSSR count). The first-order chi connectivity index (χ1) is 18.0. The predicted molar refractivity (Wildman–Crippen MR) is 164 cm³/mol. The summed E-state index contributed by atoms with van der Waals surface area (Å²) in [4.78, 5) is 7.69. The van der Waals surface area contributed by atoms with E-state index in [1.807, 2.05) is 40.9 Å². The molecule has 2 aliphatic rings. The molecule has 0 radical (unpaired) electrons. The van der Waals surface area contributed by atoms with Crippen LogP contribution in [0.25, 0.3) is 0 Å². The maximum Gasteiger partial charge on any atom is 0.0519 e. The van der Waals surface area contributed by atoms with Crippen molar-refractivity contribution in [2.75, 3.05) is 45.8 Å². The number of hydrogen-bond acceptors (Lipinski definition) is 5. The van der Waals surface area contributed by atoms with Gasteiger partial charge < -0.3 is 9.80 Å². The number of piperazine rings is 1. The fourth-order valence-electron chi connectivity index (χ4n) is 4.56. The van der Waals surface area contributed by atoms with Crippen molar-refractivity contribution in [2.45, 2.75) is 119 Å². The molecule has 2 aromatic rings. The number of likely N-dealkylation sites (tertiary alicyclic amines) is 1. The van der Waals surface area contributed by atoms with Gasteiger partial charge in [0, 0.05) is 68.9 Å². The number of nitrogens with zero attached hydrogens (tertiary/aromatic N) is 7. The highest BCUT2D eigenvalue weighted by atomic mass is 15.3. The van der Waals surface area contributed by atoms with Gasteiger partial charge in [-0.15, -0.1) is 0 Å². The van der Waals surface area contributed by atoms with Gasteiger partial charge in [-0.2, -0.15) is 10.2 Å². The molecule has 7 heteroatoms. The van der Waals surface area contributed by atoms with Crippen LogP contribution in [0, 0.1) is 6.92 Å². The summed E-state index contributed by atoms with van der Waals surface area (Å²) in [5, 5.41) is 8.16. The van der Waals surface area contributed by atoms with Crippen molar-refractivity contribution in [1.82, 2.24) is 34.3 Å². The third-order valence-electron chi connectivity index (χ3n) is 7.11. The largest absolute Gasteiger partial charge is 0.301 e. The summed E-state index contributed by atoms with van der Waals surface area (Å²) in [7, 11) is 0. The van der Waals surface area contributed by atoms with E-state index in [9.17, 15) is 0 Å². The molecular formula is C31H61N7. The zero-order chi connectivity index (χ0) is 28.5. The van der Waals surface area contributed by atoms with Gasteiger partial charge in [-0.3, -0.25) is 14.3 Å². The lowest BCUT2D eigenvalue weighted by atomic mass is 10.1. The summed E-state index contributed by atoms with van der Waals surface area (Å²) in [6, 6.07) is 4.41. The molecule has 220 valence electrons. The highest BCUT2D eigenvalue weighted by Crippen LogP contribution is 2.11. The molecule has 2 aliphatic heterocycles. The second-order valence-corrected chi connectivity index (χ2v) is 11.8. The van der Waals surface area contributed by atoms with Gasteiger partial charge in [0.05, 0.1) is 6.20 Å². The second kappa shape index (κ2) is 19.4. The monoisotopic (exact) mass is 531 g/mol. The van der Waals surface area contributed by atoms with E-state index in [-0.39, 0.29) is 0 Å². The molecule has 0 bridgehead atoms. The summed E-state index contributed by atoms with van der Waals surface area (Å²) in [6.45, 7) is 30.9. The Morgan fingerprint density at radius 1 is 0.684 bits per heavy atom. The second-order valence-electron chi connectivity index (χ2n) is 11.8. The Bertz CT molecular complexity index is 781. The van der Waals surface area contributed by atoms with Crippen LogP contribution in [-0.4, -0.2) is 92.2 Å². The summed E-state index contributed by atoms with van der Waals surface area (Å²) in [5.41, 5.74) is 1.23. The van der Waals surface area contributed by atoms with Crippen LogP contribution in [0.2, 0.25) is 0 Å². The zero-order valence-electron chi connectivity index (χ0n) is 26.6. The molecule has 0 atom stereocenters. The maximum absolute atomic E-state index is 4.13. The fourth-order valence-corrected chi connectivity index (χ4v) is 4.56. The van der Waals surface area contributed by atoms with Crippen molar-refractivity contribution in [3.8, 4) is 0 Å². The first-order valence-electron chi connectivity index (χ1n) is 15.2. The van der Waals surface area contributed by atoms with Crippen molar-refractivity contribution >= 4 is 0 Å². The Hall–Kier alpha value is -1.70. The molecular weight excluding hydrogens is 470 g/mol. The molecule has 0 N–H and O–H groups in total. The van der Waals surface area contributed by atoms with Crippen molar-refractivity contribution in [3.05, 3.63) is 36.4 Å². The van der Waals surface area contributed by atoms with Gasteiger partial charge in [0.25, 0.3) is 0 Å². The molecule has 2 fully saturated rings. The zero-order valence-corrected chi connectivity index (χ0v) is 26.6. The molecule has 0 saturated carbocycles. The van der Waals surface area contributed by atoms with E-state index in [0.717, 1.165) is 12.1 Å². The smallest absolute Gasteiger partial charge is 0.0519 e. The first kappa shape index (κ1) is 34.3. The van der Waals surface area contributed by atoms with E-state index in [0.29, 0.717) is 12.1 Å².